The van der Waals surface area contributed by atoms with Crippen LogP contribution in [0.1, 0.15) is 5.56 Å². The minimum atomic E-state index is -0.551. The van der Waals surface area contributed by atoms with Crippen molar-refractivity contribution in [2.24, 2.45) is 0 Å². The van der Waals surface area contributed by atoms with Crippen LogP contribution in [0.15, 0.2) is 36.4 Å². The fourth-order valence-corrected chi connectivity index (χ4v) is 2.79. The van der Waals surface area contributed by atoms with Crippen LogP contribution in [0.5, 0.6) is 5.75 Å². The first-order valence-corrected chi connectivity index (χ1v) is 8.18. The molecule has 0 aliphatic carbocycles. The van der Waals surface area contributed by atoms with Gasteiger partial charge in [0, 0.05) is 10.8 Å². The van der Waals surface area contributed by atoms with E-state index in [1.165, 1.54) is 49.2 Å². The lowest BCUT2D eigenvalue weighted by atomic mass is 10.2. The van der Waals surface area contributed by atoms with E-state index in [9.17, 15) is 13.6 Å². The van der Waals surface area contributed by atoms with Crippen molar-refractivity contribution in [2.45, 2.75) is 5.75 Å². The SMILES string of the molecule is COc1ccc(CSCC(=O)Nc2cc(Cl)ccc2F)cc1F. The van der Waals surface area contributed by atoms with Crippen LogP contribution in [-0.4, -0.2) is 18.8 Å². The zero-order valence-corrected chi connectivity index (χ0v) is 13.8. The first-order chi connectivity index (χ1) is 11.0. The summed E-state index contributed by atoms with van der Waals surface area (Å²) in [7, 11) is 1.39. The number of nitrogens with one attached hydrogen (secondary N) is 1. The molecule has 0 aromatic heterocycles. The van der Waals surface area contributed by atoms with Crippen LogP contribution in [0.3, 0.4) is 0 Å². The number of hydrogen-bond donors (Lipinski definition) is 1. The van der Waals surface area contributed by atoms with Crippen LogP contribution in [0.25, 0.3) is 0 Å². The van der Waals surface area contributed by atoms with Crippen molar-refractivity contribution in [1.82, 2.24) is 0 Å². The highest BCUT2D eigenvalue weighted by Gasteiger charge is 2.09. The Balaban J connectivity index is 1.85. The summed E-state index contributed by atoms with van der Waals surface area (Å²) in [6.45, 7) is 0. The molecule has 2 rings (SSSR count). The maximum atomic E-state index is 13.5. The quantitative estimate of drug-likeness (QED) is 0.827. The molecule has 0 saturated heterocycles. The summed E-state index contributed by atoms with van der Waals surface area (Å²) < 4.78 is 31.9. The van der Waals surface area contributed by atoms with Crippen molar-refractivity contribution in [3.8, 4) is 5.75 Å². The van der Waals surface area contributed by atoms with Crippen molar-refractivity contribution in [3.63, 3.8) is 0 Å². The molecule has 0 saturated carbocycles. The first-order valence-electron chi connectivity index (χ1n) is 6.64. The van der Waals surface area contributed by atoms with E-state index in [-0.39, 0.29) is 23.1 Å². The molecule has 0 fully saturated rings. The Morgan fingerprint density at radius 1 is 1.22 bits per heavy atom. The highest BCUT2D eigenvalue weighted by molar-refractivity contribution is 7.99. The van der Waals surface area contributed by atoms with Gasteiger partial charge in [-0.15, -0.1) is 11.8 Å². The normalized spacial score (nSPS) is 10.4. The molecule has 7 heteroatoms. The fourth-order valence-electron chi connectivity index (χ4n) is 1.84. The maximum absolute atomic E-state index is 13.5. The predicted octanol–water partition coefficient (Wildman–Crippen LogP) is 4.50. The second kappa shape index (κ2) is 8.17. The van der Waals surface area contributed by atoms with Crippen LogP contribution >= 0.6 is 23.4 Å². The molecule has 23 heavy (non-hydrogen) atoms. The number of amides is 1. The summed E-state index contributed by atoms with van der Waals surface area (Å²) in [5.74, 6) is -0.620. The van der Waals surface area contributed by atoms with Crippen LogP contribution in [0.4, 0.5) is 14.5 Å². The van der Waals surface area contributed by atoms with E-state index < -0.39 is 11.6 Å². The average Bonchev–Trinajstić information content (AvgIpc) is 2.51. The highest BCUT2D eigenvalue weighted by Crippen LogP contribution is 2.22. The summed E-state index contributed by atoms with van der Waals surface area (Å²) in [5.41, 5.74) is 0.772. The molecule has 2 aromatic rings. The number of carbonyl (C=O) groups excluding carboxylic acids is 1. The van der Waals surface area contributed by atoms with Crippen LogP contribution < -0.4 is 10.1 Å². The van der Waals surface area contributed by atoms with E-state index in [4.69, 9.17) is 16.3 Å². The maximum Gasteiger partial charge on any atom is 0.234 e. The van der Waals surface area contributed by atoms with Gasteiger partial charge in [-0.2, -0.15) is 0 Å². The molecule has 0 spiro atoms. The minimum Gasteiger partial charge on any atom is -0.494 e. The van der Waals surface area contributed by atoms with Gasteiger partial charge < -0.3 is 10.1 Å². The van der Waals surface area contributed by atoms with Gasteiger partial charge in [-0.05, 0) is 35.9 Å². The van der Waals surface area contributed by atoms with Gasteiger partial charge in [0.15, 0.2) is 11.6 Å². The molecule has 0 heterocycles. The molecule has 2 aromatic carbocycles. The third-order valence-corrected chi connectivity index (χ3v) is 4.16. The van der Waals surface area contributed by atoms with Gasteiger partial charge in [0.25, 0.3) is 0 Å². The zero-order chi connectivity index (χ0) is 16.8. The third kappa shape index (κ3) is 5.11. The fraction of sp³-hybridized carbons (Fsp3) is 0.188. The number of hydrogen-bond acceptors (Lipinski definition) is 3. The van der Waals surface area contributed by atoms with Gasteiger partial charge in [-0.3, -0.25) is 4.79 Å². The van der Waals surface area contributed by atoms with Crippen molar-refractivity contribution in [1.29, 1.82) is 0 Å². The molecule has 1 amide bonds. The third-order valence-electron chi connectivity index (χ3n) is 2.92. The van der Waals surface area contributed by atoms with Crippen molar-refractivity contribution < 1.29 is 18.3 Å². The number of carbonyl (C=O) groups is 1. The van der Waals surface area contributed by atoms with Gasteiger partial charge in [0.1, 0.15) is 5.82 Å². The highest BCUT2D eigenvalue weighted by atomic mass is 35.5. The summed E-state index contributed by atoms with van der Waals surface area (Å²) in [4.78, 5) is 11.8. The molecule has 0 bridgehead atoms. The van der Waals surface area contributed by atoms with E-state index >= 15 is 0 Å². The molecular weight excluding hydrogens is 344 g/mol. The number of benzene rings is 2. The van der Waals surface area contributed by atoms with E-state index in [2.05, 4.69) is 5.32 Å². The van der Waals surface area contributed by atoms with Crippen LogP contribution in [-0.2, 0) is 10.5 Å². The lowest BCUT2D eigenvalue weighted by molar-refractivity contribution is -0.113. The topological polar surface area (TPSA) is 38.3 Å². The average molecular weight is 358 g/mol. The Labute approximate surface area is 142 Å². The molecule has 122 valence electrons. The number of thioether (sulfide) groups is 1. The zero-order valence-electron chi connectivity index (χ0n) is 12.2. The van der Waals surface area contributed by atoms with Gasteiger partial charge >= 0.3 is 0 Å². The number of rotatable bonds is 6. The molecule has 0 atom stereocenters. The molecule has 1 N–H and O–H groups in total. The number of anilines is 1. The lowest BCUT2D eigenvalue weighted by Crippen LogP contribution is -2.15. The summed E-state index contributed by atoms with van der Waals surface area (Å²) in [6, 6.07) is 8.56. The largest absolute Gasteiger partial charge is 0.494 e. The predicted molar refractivity (Wildman–Crippen MR) is 89.2 cm³/mol. The standard InChI is InChI=1S/C16H14ClF2NO2S/c1-22-15-5-2-10(6-13(15)19)8-23-9-16(21)20-14-7-11(17)3-4-12(14)18/h2-7H,8-9H2,1H3,(H,20,21). The molecular formula is C16H14ClF2NO2S. The Morgan fingerprint density at radius 3 is 2.70 bits per heavy atom. The second-order valence-electron chi connectivity index (χ2n) is 4.63. The Bertz CT molecular complexity index is 712. The molecule has 0 radical (unpaired) electrons. The Hall–Kier alpha value is -1.79. The Morgan fingerprint density at radius 2 is 2.00 bits per heavy atom. The van der Waals surface area contributed by atoms with E-state index in [1.54, 1.807) is 6.07 Å². The van der Waals surface area contributed by atoms with Crippen molar-refractivity contribution in [3.05, 3.63) is 58.6 Å². The minimum absolute atomic E-state index is 0.0404. The number of ether oxygens (including phenoxy) is 1. The van der Waals surface area contributed by atoms with E-state index in [0.29, 0.717) is 10.8 Å². The second-order valence-corrected chi connectivity index (χ2v) is 6.06. The van der Waals surface area contributed by atoms with Gasteiger partial charge in [-0.1, -0.05) is 17.7 Å². The van der Waals surface area contributed by atoms with E-state index in [1.807, 2.05) is 0 Å². The van der Waals surface area contributed by atoms with Gasteiger partial charge in [0.05, 0.1) is 18.6 Å². The molecule has 0 unspecified atom stereocenters. The van der Waals surface area contributed by atoms with E-state index in [0.717, 1.165) is 5.56 Å². The summed E-state index contributed by atoms with van der Waals surface area (Å²) in [6.07, 6.45) is 0. The molecule has 0 aliphatic rings. The van der Waals surface area contributed by atoms with Gasteiger partial charge in [0.2, 0.25) is 5.91 Å². The lowest BCUT2D eigenvalue weighted by Gasteiger charge is -2.07. The Kier molecular flexibility index (Phi) is 6.24. The van der Waals surface area contributed by atoms with Gasteiger partial charge in [-0.25, -0.2) is 8.78 Å². The monoisotopic (exact) mass is 357 g/mol. The van der Waals surface area contributed by atoms with Crippen LogP contribution in [0, 0.1) is 11.6 Å². The number of halogens is 3. The molecule has 0 aliphatic heterocycles. The summed E-state index contributed by atoms with van der Waals surface area (Å²) in [5, 5.41) is 2.79. The first kappa shape index (κ1) is 17.6. The number of methoxy groups -OCH3 is 1. The summed E-state index contributed by atoms with van der Waals surface area (Å²) >= 11 is 7.05. The van der Waals surface area contributed by atoms with Crippen LogP contribution in [0.2, 0.25) is 5.02 Å². The van der Waals surface area contributed by atoms with Crippen molar-refractivity contribution >= 4 is 35.0 Å². The smallest absolute Gasteiger partial charge is 0.234 e. The molecule has 3 nitrogen and oxygen atoms in total. The van der Waals surface area contributed by atoms with Crippen molar-refractivity contribution in [2.75, 3.05) is 18.2 Å².